The monoisotopic (exact) mass is 582 g/mol. The molecule has 4 rings (SSSR count). The van der Waals surface area contributed by atoms with E-state index in [-0.39, 0.29) is 22.6 Å². The zero-order chi connectivity index (χ0) is 22.6. The van der Waals surface area contributed by atoms with Crippen molar-refractivity contribution in [3.05, 3.63) is 119 Å². The molecular weight excluding hydrogens is 555 g/mol. The van der Waals surface area contributed by atoms with Crippen LogP contribution in [0.15, 0.2) is 114 Å². The van der Waals surface area contributed by atoms with E-state index in [0.29, 0.717) is 0 Å². The van der Waals surface area contributed by atoms with Gasteiger partial charge in [0.2, 0.25) is 0 Å². The predicted octanol–water partition coefficient (Wildman–Crippen LogP) is 4.12. The molecule has 4 aromatic carbocycles. The van der Waals surface area contributed by atoms with Crippen LogP contribution in [-0.4, -0.2) is 5.60 Å². The van der Waals surface area contributed by atoms with Gasteiger partial charge in [-0.2, -0.15) is 0 Å². The lowest BCUT2D eigenvalue weighted by molar-refractivity contribution is -0.0000101. The zero-order valence-electron chi connectivity index (χ0n) is 19.2. The van der Waals surface area contributed by atoms with Crippen LogP contribution >= 0.6 is 23.2 Å². The molecule has 1 nitrogen and oxygen atoms in total. The Bertz CT molecular complexity index is 1060. The maximum Gasteiger partial charge on any atom is 0.134 e. The molecule has 0 saturated heterocycles. The fourth-order valence-corrected chi connectivity index (χ4v) is 9.07. The number of hydrogen-bond acceptors (Lipinski definition) is 1. The Labute approximate surface area is 217 Å². The molecular formula is C29H29Br2OP. The summed E-state index contributed by atoms with van der Waals surface area (Å²) in [5.41, 5.74) is 1.00. The first-order chi connectivity index (χ1) is 15.4. The second kappa shape index (κ2) is 11.0. The molecule has 0 saturated carbocycles. The molecule has 0 aliphatic carbocycles. The molecule has 170 valence electrons. The van der Waals surface area contributed by atoms with Gasteiger partial charge >= 0.3 is 0 Å². The minimum atomic E-state index is -1.96. The van der Waals surface area contributed by atoms with E-state index in [0.717, 1.165) is 16.4 Å². The van der Waals surface area contributed by atoms with Crippen LogP contribution in [0.4, 0.5) is 0 Å². The van der Waals surface area contributed by atoms with E-state index in [9.17, 15) is 0 Å². The molecule has 0 radical (unpaired) electrons. The molecule has 0 fully saturated rings. The zero-order valence-corrected chi connectivity index (χ0v) is 23.3. The lowest BCUT2D eigenvalue weighted by Gasteiger charge is -2.29. The van der Waals surface area contributed by atoms with Crippen LogP contribution < -0.4 is 37.6 Å². The smallest absolute Gasteiger partial charge is 0.134 e. The van der Waals surface area contributed by atoms with Gasteiger partial charge in [-0.15, -0.1) is 0 Å². The maximum absolute atomic E-state index is 6.27. The summed E-state index contributed by atoms with van der Waals surface area (Å²) in [4.78, 5) is 0. The maximum atomic E-state index is 6.27. The Morgan fingerprint density at radius 1 is 0.636 bits per heavy atom. The third kappa shape index (κ3) is 5.77. The minimum absolute atomic E-state index is 0. The predicted molar refractivity (Wildman–Crippen MR) is 143 cm³/mol. The molecule has 0 N–H and O–H groups in total. The Kier molecular flexibility index (Phi) is 8.56. The molecule has 0 aliphatic rings. The quantitative estimate of drug-likeness (QED) is 0.310. The van der Waals surface area contributed by atoms with Gasteiger partial charge in [0.25, 0.3) is 0 Å². The first-order valence-electron chi connectivity index (χ1n) is 10.9. The van der Waals surface area contributed by atoms with Gasteiger partial charge in [0.1, 0.15) is 34.5 Å². The van der Waals surface area contributed by atoms with E-state index < -0.39 is 7.26 Å². The second-order valence-corrected chi connectivity index (χ2v) is 13.2. The Balaban J connectivity index is 0.00000306. The normalized spacial score (nSPS) is 11.5. The van der Waals surface area contributed by atoms with Crippen LogP contribution in [-0.2, 0) is 6.16 Å². The summed E-state index contributed by atoms with van der Waals surface area (Å²) in [5.74, 6) is 0.891. The molecule has 0 amide bonds. The highest BCUT2D eigenvalue weighted by Gasteiger charge is 2.45. The Hall–Kier alpha value is -1.93. The second-order valence-electron chi connectivity index (χ2n) is 8.92. The molecule has 33 heavy (non-hydrogen) atoms. The van der Waals surface area contributed by atoms with Gasteiger partial charge in [-0.3, -0.25) is 0 Å². The third-order valence-electron chi connectivity index (χ3n) is 5.46. The highest BCUT2D eigenvalue weighted by molar-refractivity contribution is 9.10. The van der Waals surface area contributed by atoms with Crippen molar-refractivity contribution >= 4 is 39.1 Å². The third-order valence-corrected chi connectivity index (χ3v) is 10.7. The van der Waals surface area contributed by atoms with Gasteiger partial charge in [0, 0.05) is 5.56 Å². The van der Waals surface area contributed by atoms with Crippen LogP contribution in [0.25, 0.3) is 0 Å². The van der Waals surface area contributed by atoms with E-state index in [1.165, 1.54) is 21.5 Å². The lowest BCUT2D eigenvalue weighted by Crippen LogP contribution is -3.00. The summed E-state index contributed by atoms with van der Waals surface area (Å²) < 4.78 is 7.31. The molecule has 0 atom stereocenters. The lowest BCUT2D eigenvalue weighted by atomic mass is 10.2. The largest absolute Gasteiger partial charge is 1.00 e. The van der Waals surface area contributed by atoms with Crippen molar-refractivity contribution in [3.8, 4) is 5.75 Å². The molecule has 0 spiro atoms. The molecule has 0 unspecified atom stereocenters. The van der Waals surface area contributed by atoms with Gasteiger partial charge in [-0.05, 0) is 79.2 Å². The fourth-order valence-electron chi connectivity index (χ4n) is 4.11. The van der Waals surface area contributed by atoms with Crippen molar-refractivity contribution in [2.45, 2.75) is 32.5 Å². The summed E-state index contributed by atoms with van der Waals surface area (Å²) in [7, 11) is -1.96. The number of hydrogen-bond donors (Lipinski definition) is 0. The molecule has 4 heteroatoms. The highest BCUT2D eigenvalue weighted by atomic mass is 79.9. The molecule has 0 aromatic heterocycles. The Morgan fingerprint density at radius 2 is 1.06 bits per heavy atom. The average Bonchev–Trinajstić information content (AvgIpc) is 2.81. The topological polar surface area (TPSA) is 9.23 Å². The summed E-state index contributed by atoms with van der Waals surface area (Å²) in [6.45, 7) is 6.25. The minimum Gasteiger partial charge on any atom is -1.00 e. The number of halogens is 2. The summed E-state index contributed by atoms with van der Waals surface area (Å²) >= 11 is 3.90. The summed E-state index contributed by atoms with van der Waals surface area (Å²) in [5, 5.41) is 4.14. The van der Waals surface area contributed by atoms with Crippen molar-refractivity contribution in [1.29, 1.82) is 0 Å². The van der Waals surface area contributed by atoms with E-state index in [1.807, 2.05) is 6.07 Å². The summed E-state index contributed by atoms with van der Waals surface area (Å²) in [6, 6.07) is 39.4. The first-order valence-corrected chi connectivity index (χ1v) is 13.7. The van der Waals surface area contributed by atoms with Crippen molar-refractivity contribution in [2.24, 2.45) is 0 Å². The van der Waals surface area contributed by atoms with Gasteiger partial charge in [0.15, 0.2) is 0 Å². The van der Waals surface area contributed by atoms with Crippen molar-refractivity contribution in [2.75, 3.05) is 0 Å². The summed E-state index contributed by atoms with van der Waals surface area (Å²) in [6.07, 6.45) is 0.910. The van der Waals surface area contributed by atoms with Gasteiger partial charge in [-0.25, -0.2) is 0 Å². The molecule has 0 aliphatic heterocycles. The number of ether oxygens (including phenoxy) is 1. The van der Waals surface area contributed by atoms with E-state index in [2.05, 4.69) is 140 Å². The van der Waals surface area contributed by atoms with Crippen molar-refractivity contribution in [1.82, 2.24) is 0 Å². The van der Waals surface area contributed by atoms with E-state index >= 15 is 0 Å². The van der Waals surface area contributed by atoms with Crippen LogP contribution in [0.2, 0.25) is 0 Å². The number of benzene rings is 4. The average molecular weight is 584 g/mol. The molecule has 4 aromatic rings. The van der Waals surface area contributed by atoms with Crippen molar-refractivity contribution < 1.29 is 21.7 Å². The SMILES string of the molecule is CC(C)(C)Oc1cccc(C[P+](c2ccccc2)(c2ccccc2)c2ccccc2)c1Br.[Br-]. The molecule has 0 bridgehead atoms. The number of rotatable bonds is 6. The highest BCUT2D eigenvalue weighted by Crippen LogP contribution is 2.59. The Morgan fingerprint density at radius 3 is 1.45 bits per heavy atom. The van der Waals surface area contributed by atoms with Gasteiger partial charge in [-0.1, -0.05) is 66.7 Å². The van der Waals surface area contributed by atoms with Crippen LogP contribution in [0.3, 0.4) is 0 Å². The van der Waals surface area contributed by atoms with Crippen LogP contribution in [0, 0.1) is 0 Å². The van der Waals surface area contributed by atoms with Gasteiger partial charge < -0.3 is 21.7 Å². The van der Waals surface area contributed by atoms with E-state index in [1.54, 1.807) is 0 Å². The first kappa shape index (κ1) is 25.7. The van der Waals surface area contributed by atoms with Gasteiger partial charge in [0.05, 0.1) is 10.6 Å². The fraction of sp³-hybridized carbons (Fsp3) is 0.172. The van der Waals surface area contributed by atoms with E-state index in [4.69, 9.17) is 4.74 Å². The van der Waals surface area contributed by atoms with Crippen LogP contribution in [0.5, 0.6) is 5.75 Å². The standard InChI is InChI=1S/C29H29BrOP.BrH/c1-29(2,3)31-27-21-13-14-23(28(27)30)22-32(24-15-7-4-8-16-24,25-17-9-5-10-18-25)26-19-11-6-12-20-26;/h4-21H,22H2,1-3H3;1H/q+1;/p-1. The van der Waals surface area contributed by atoms with Crippen molar-refractivity contribution in [3.63, 3.8) is 0 Å². The van der Waals surface area contributed by atoms with Crippen LogP contribution in [0.1, 0.15) is 26.3 Å². The molecule has 0 heterocycles.